The number of hydrogen-bond acceptors (Lipinski definition) is 7. The minimum atomic E-state index is -0.939. The van der Waals surface area contributed by atoms with Gasteiger partial charge in [0.25, 0.3) is 0 Å². The number of aliphatic hydroxyl groups is 1. The third kappa shape index (κ3) is 8.85. The van der Waals surface area contributed by atoms with Crippen LogP contribution in [0.2, 0.25) is 0 Å². The van der Waals surface area contributed by atoms with Crippen molar-refractivity contribution in [2.24, 2.45) is 0 Å². The molecule has 8 nitrogen and oxygen atoms in total. The van der Waals surface area contributed by atoms with Crippen LogP contribution in [0.15, 0.2) is 12.1 Å². The van der Waals surface area contributed by atoms with Crippen LogP contribution in [0, 0.1) is 0 Å². The lowest BCUT2D eigenvalue weighted by molar-refractivity contribution is -0.123. The highest BCUT2D eigenvalue weighted by atomic mass is 16.5. The molecule has 1 aliphatic heterocycles. The van der Waals surface area contributed by atoms with Crippen molar-refractivity contribution >= 4 is 11.7 Å². The molecule has 8 heteroatoms. The normalized spacial score (nSPS) is 15.3. The monoisotopic (exact) mass is 466 g/mol. The number of nitrogens with one attached hydrogen (secondary N) is 1. The van der Waals surface area contributed by atoms with Crippen LogP contribution >= 0.6 is 0 Å². The number of hydrogen-bond donors (Lipinski definition) is 2. The fraction of sp³-hybridized carbons (Fsp3) is 0.680. The Morgan fingerprint density at radius 3 is 2.09 bits per heavy atom. The molecule has 1 heterocycles. The quantitative estimate of drug-likeness (QED) is 0.405. The standard InChI is InChI=1S/C24H38N2O6.CH4/c1-17(27)10-6-5-7-11-22(28)25-19(16-26-12-8-9-13-26)23(29)18-14-20(30-2)24(32-4)21(15-18)31-3;/h14-15,19,23,29H,5-13,16H2,1-4H3,(H,25,28);1H4/t19-,23-;/m1./s1. The number of likely N-dealkylation sites (tertiary alicyclic amines) is 1. The molecular weight excluding hydrogens is 424 g/mol. The van der Waals surface area contributed by atoms with Crippen LogP contribution in [-0.2, 0) is 9.59 Å². The molecule has 1 aromatic carbocycles. The van der Waals surface area contributed by atoms with Crippen LogP contribution in [0.3, 0.4) is 0 Å². The summed E-state index contributed by atoms with van der Waals surface area (Å²) in [6, 6.07) is 2.97. The number of nitrogens with zero attached hydrogens (tertiary/aromatic N) is 1. The molecule has 0 aliphatic carbocycles. The van der Waals surface area contributed by atoms with Crippen molar-refractivity contribution in [3.05, 3.63) is 17.7 Å². The van der Waals surface area contributed by atoms with E-state index in [-0.39, 0.29) is 19.1 Å². The van der Waals surface area contributed by atoms with Gasteiger partial charge >= 0.3 is 0 Å². The second-order valence-electron chi connectivity index (χ2n) is 8.35. The van der Waals surface area contributed by atoms with Crippen LogP contribution in [0.4, 0.5) is 0 Å². The fourth-order valence-electron chi connectivity index (χ4n) is 4.09. The van der Waals surface area contributed by atoms with E-state index < -0.39 is 12.1 Å². The third-order valence-electron chi connectivity index (χ3n) is 5.84. The second kappa shape index (κ2) is 14.8. The summed E-state index contributed by atoms with van der Waals surface area (Å²) in [6.45, 7) is 4.06. The average Bonchev–Trinajstić information content (AvgIpc) is 3.29. The van der Waals surface area contributed by atoms with E-state index in [0.717, 1.165) is 45.2 Å². The van der Waals surface area contributed by atoms with Gasteiger partial charge in [-0.1, -0.05) is 13.8 Å². The summed E-state index contributed by atoms with van der Waals surface area (Å²) >= 11 is 0. The number of carbonyl (C=O) groups excluding carboxylic acids is 2. The Kier molecular flexibility index (Phi) is 12.8. The van der Waals surface area contributed by atoms with Gasteiger partial charge in [0, 0.05) is 19.4 Å². The number of benzene rings is 1. The first kappa shape index (κ1) is 28.7. The van der Waals surface area contributed by atoms with Crippen molar-refractivity contribution in [2.75, 3.05) is 41.0 Å². The number of ketones is 1. The van der Waals surface area contributed by atoms with Crippen LogP contribution < -0.4 is 19.5 Å². The molecule has 1 saturated heterocycles. The van der Waals surface area contributed by atoms with Crippen LogP contribution in [-0.4, -0.2) is 68.7 Å². The van der Waals surface area contributed by atoms with Gasteiger partial charge in [0.05, 0.1) is 27.4 Å². The number of methoxy groups -OCH3 is 3. The van der Waals surface area contributed by atoms with Gasteiger partial charge in [-0.05, 0) is 63.4 Å². The zero-order valence-electron chi connectivity index (χ0n) is 19.8. The number of ether oxygens (including phenoxy) is 3. The Labute approximate surface area is 198 Å². The lowest BCUT2D eigenvalue weighted by atomic mass is 10.00. The summed E-state index contributed by atoms with van der Waals surface area (Å²) in [5, 5.41) is 14.3. The van der Waals surface area contributed by atoms with Crippen molar-refractivity contribution in [1.82, 2.24) is 10.2 Å². The van der Waals surface area contributed by atoms with Gasteiger partial charge in [-0.3, -0.25) is 4.79 Å². The zero-order valence-corrected chi connectivity index (χ0v) is 19.8. The van der Waals surface area contributed by atoms with Gasteiger partial charge in [0.1, 0.15) is 11.9 Å². The number of amides is 1. The lowest BCUT2D eigenvalue weighted by Crippen LogP contribution is -2.46. The van der Waals surface area contributed by atoms with E-state index in [1.54, 1.807) is 19.1 Å². The molecule has 2 atom stereocenters. The van der Waals surface area contributed by atoms with Crippen LogP contribution in [0.1, 0.15) is 71.0 Å². The van der Waals surface area contributed by atoms with E-state index >= 15 is 0 Å². The van der Waals surface area contributed by atoms with E-state index in [1.165, 1.54) is 21.3 Å². The molecule has 1 aliphatic rings. The predicted molar refractivity (Wildman–Crippen MR) is 129 cm³/mol. The molecule has 1 aromatic rings. The largest absolute Gasteiger partial charge is 0.493 e. The van der Waals surface area contributed by atoms with Gasteiger partial charge in [-0.15, -0.1) is 0 Å². The number of Topliss-reactive ketones (excluding diaryl/α,β-unsaturated/α-hetero) is 1. The average molecular weight is 467 g/mol. The Morgan fingerprint density at radius 1 is 1.00 bits per heavy atom. The summed E-state index contributed by atoms with van der Waals surface area (Å²) in [4.78, 5) is 25.9. The molecule has 0 spiro atoms. The first-order chi connectivity index (χ1) is 15.4. The third-order valence-corrected chi connectivity index (χ3v) is 5.84. The molecule has 0 saturated carbocycles. The second-order valence-corrected chi connectivity index (χ2v) is 8.35. The van der Waals surface area contributed by atoms with Gasteiger partial charge < -0.3 is 34.3 Å². The molecule has 1 amide bonds. The summed E-state index contributed by atoms with van der Waals surface area (Å²) in [6.07, 6.45) is 4.58. The molecule has 0 unspecified atom stereocenters. The molecule has 2 N–H and O–H groups in total. The zero-order chi connectivity index (χ0) is 23.5. The summed E-state index contributed by atoms with van der Waals surface area (Å²) in [5.41, 5.74) is 0.588. The Hall–Kier alpha value is -2.32. The Balaban J connectivity index is 0.00000544. The number of unbranched alkanes of at least 4 members (excludes halogenated alkanes) is 2. The van der Waals surface area contributed by atoms with Gasteiger partial charge in [-0.25, -0.2) is 0 Å². The van der Waals surface area contributed by atoms with E-state index in [4.69, 9.17) is 14.2 Å². The molecule has 188 valence electrons. The topological polar surface area (TPSA) is 97.3 Å². The highest BCUT2D eigenvalue weighted by Crippen LogP contribution is 2.40. The van der Waals surface area contributed by atoms with Crippen molar-refractivity contribution in [2.45, 2.75) is 71.4 Å². The Bertz CT molecular complexity index is 723. The predicted octanol–water partition coefficient (Wildman–Crippen LogP) is 3.50. The lowest BCUT2D eigenvalue weighted by Gasteiger charge is -2.29. The van der Waals surface area contributed by atoms with Crippen molar-refractivity contribution < 1.29 is 28.9 Å². The highest BCUT2D eigenvalue weighted by molar-refractivity contribution is 5.76. The molecule has 0 bridgehead atoms. The van der Waals surface area contributed by atoms with E-state index in [2.05, 4.69) is 10.2 Å². The molecular formula is C25H42N2O6. The highest BCUT2D eigenvalue weighted by Gasteiger charge is 2.28. The smallest absolute Gasteiger partial charge is 0.220 e. The molecule has 1 fully saturated rings. The maximum Gasteiger partial charge on any atom is 0.220 e. The SMILES string of the molecule is C.COc1cc([C@@H](O)[C@@H](CN2CCCC2)NC(=O)CCCCCC(C)=O)cc(OC)c1OC. The first-order valence-corrected chi connectivity index (χ1v) is 11.4. The van der Waals surface area contributed by atoms with E-state index in [0.29, 0.717) is 42.2 Å². The number of aliphatic hydroxyl groups excluding tert-OH is 1. The number of carbonyl (C=O) groups is 2. The maximum absolute atomic E-state index is 12.6. The molecule has 33 heavy (non-hydrogen) atoms. The minimum absolute atomic E-state index is 0. The van der Waals surface area contributed by atoms with Gasteiger partial charge in [0.2, 0.25) is 11.7 Å². The molecule has 0 aromatic heterocycles. The fourth-order valence-corrected chi connectivity index (χ4v) is 4.09. The minimum Gasteiger partial charge on any atom is -0.493 e. The Morgan fingerprint density at radius 2 is 1.58 bits per heavy atom. The molecule has 2 rings (SSSR count). The molecule has 0 radical (unpaired) electrons. The van der Waals surface area contributed by atoms with Crippen molar-refractivity contribution in [3.8, 4) is 17.2 Å². The maximum atomic E-state index is 12.6. The van der Waals surface area contributed by atoms with Gasteiger partial charge in [-0.2, -0.15) is 0 Å². The van der Waals surface area contributed by atoms with Crippen molar-refractivity contribution in [3.63, 3.8) is 0 Å². The first-order valence-electron chi connectivity index (χ1n) is 11.4. The van der Waals surface area contributed by atoms with E-state index in [9.17, 15) is 14.7 Å². The van der Waals surface area contributed by atoms with Crippen molar-refractivity contribution in [1.29, 1.82) is 0 Å². The van der Waals surface area contributed by atoms with E-state index in [1.807, 2.05) is 0 Å². The van der Waals surface area contributed by atoms with Crippen LogP contribution in [0.25, 0.3) is 0 Å². The summed E-state index contributed by atoms with van der Waals surface area (Å²) in [7, 11) is 4.59. The van der Waals surface area contributed by atoms with Crippen LogP contribution in [0.5, 0.6) is 17.2 Å². The summed E-state index contributed by atoms with van der Waals surface area (Å²) in [5.74, 6) is 1.45. The van der Waals surface area contributed by atoms with Gasteiger partial charge in [0.15, 0.2) is 11.5 Å². The summed E-state index contributed by atoms with van der Waals surface area (Å²) < 4.78 is 16.2. The number of rotatable bonds is 14.